The molecule has 0 radical (unpaired) electrons. The molecule has 0 saturated heterocycles. The maximum absolute atomic E-state index is 8.99. The molecule has 2 aromatic rings. The summed E-state index contributed by atoms with van der Waals surface area (Å²) in [6.07, 6.45) is 0.823. The highest BCUT2D eigenvalue weighted by molar-refractivity contribution is 7.20. The molecule has 0 fully saturated rings. The van der Waals surface area contributed by atoms with Crippen LogP contribution in [0.4, 0.5) is 0 Å². The van der Waals surface area contributed by atoms with E-state index in [1.165, 1.54) is 10.4 Å². The van der Waals surface area contributed by atoms with Gasteiger partial charge in [-0.25, -0.2) is 4.98 Å². The average molecular weight is 248 g/mol. The molecule has 1 unspecified atom stereocenters. The molecular weight excluding hydrogens is 236 g/mol. The van der Waals surface area contributed by atoms with Crippen LogP contribution in [-0.2, 0) is 0 Å². The molecule has 0 aliphatic carbocycles. The molecule has 0 amide bonds. The van der Waals surface area contributed by atoms with Crippen molar-refractivity contribution >= 4 is 22.7 Å². The Bertz CT molecular complexity index is 519. The fourth-order valence-electron chi connectivity index (χ4n) is 1.51. The molecule has 0 aliphatic rings. The number of nitrogens with zero attached hydrogens (tertiary/aromatic N) is 2. The summed E-state index contributed by atoms with van der Waals surface area (Å²) in [5.74, 6) is -0.0646. The molecule has 0 bridgehead atoms. The molecule has 2 nitrogen and oxygen atoms in total. The Balaban J connectivity index is 2.34. The van der Waals surface area contributed by atoms with E-state index in [4.69, 9.17) is 5.26 Å². The van der Waals surface area contributed by atoms with Crippen LogP contribution in [0.2, 0.25) is 0 Å². The lowest BCUT2D eigenvalue weighted by Gasteiger charge is -1.99. The first-order chi connectivity index (χ1) is 7.76. The minimum atomic E-state index is -0.0646. The zero-order chi connectivity index (χ0) is 11.5. The van der Waals surface area contributed by atoms with Gasteiger partial charge in [0.25, 0.3) is 0 Å². The number of hydrogen-bond donors (Lipinski definition) is 0. The first-order valence-electron chi connectivity index (χ1n) is 5.15. The summed E-state index contributed by atoms with van der Waals surface area (Å²) < 4.78 is 0. The van der Waals surface area contributed by atoms with Crippen LogP contribution >= 0.6 is 22.7 Å². The number of nitriles is 1. The second kappa shape index (κ2) is 4.77. The number of rotatable bonds is 3. The largest absolute Gasteiger partial charge is 0.239 e. The van der Waals surface area contributed by atoms with E-state index in [9.17, 15) is 0 Å². The van der Waals surface area contributed by atoms with Crippen LogP contribution in [0.25, 0.3) is 9.88 Å². The van der Waals surface area contributed by atoms with Gasteiger partial charge in [0.1, 0.15) is 5.01 Å². The Hall–Kier alpha value is -1.18. The van der Waals surface area contributed by atoms with Gasteiger partial charge in [-0.2, -0.15) is 5.26 Å². The van der Waals surface area contributed by atoms with Gasteiger partial charge in [-0.3, -0.25) is 0 Å². The molecule has 0 aliphatic heterocycles. The van der Waals surface area contributed by atoms with E-state index >= 15 is 0 Å². The summed E-state index contributed by atoms with van der Waals surface area (Å²) in [5, 5.41) is 14.1. The lowest BCUT2D eigenvalue weighted by atomic mass is 10.1. The van der Waals surface area contributed by atoms with E-state index in [0.29, 0.717) is 0 Å². The van der Waals surface area contributed by atoms with E-state index < -0.39 is 0 Å². The third-order valence-electron chi connectivity index (χ3n) is 2.50. The number of aryl methyl sites for hydroxylation is 1. The Morgan fingerprint density at radius 3 is 2.88 bits per heavy atom. The Morgan fingerprint density at radius 2 is 2.31 bits per heavy atom. The van der Waals surface area contributed by atoms with Crippen LogP contribution in [0.1, 0.15) is 30.5 Å². The molecule has 2 rings (SSSR count). The van der Waals surface area contributed by atoms with Gasteiger partial charge in [-0.15, -0.1) is 22.7 Å². The predicted octanol–water partition coefficient (Wildman–Crippen LogP) is 4.20. The lowest BCUT2D eigenvalue weighted by molar-refractivity contribution is 0.795. The molecule has 0 saturated carbocycles. The van der Waals surface area contributed by atoms with Crippen molar-refractivity contribution < 1.29 is 0 Å². The zero-order valence-electron chi connectivity index (χ0n) is 9.23. The highest BCUT2D eigenvalue weighted by Crippen LogP contribution is 2.33. The van der Waals surface area contributed by atoms with Crippen molar-refractivity contribution in [3.8, 4) is 16.0 Å². The number of thiazole rings is 1. The Kier molecular flexibility index (Phi) is 3.37. The van der Waals surface area contributed by atoms with Crippen molar-refractivity contribution in [3.63, 3.8) is 0 Å². The van der Waals surface area contributed by atoms with Crippen molar-refractivity contribution in [1.82, 2.24) is 4.98 Å². The summed E-state index contributed by atoms with van der Waals surface area (Å²) in [6, 6.07) is 4.39. The van der Waals surface area contributed by atoms with Gasteiger partial charge in [0, 0.05) is 5.38 Å². The molecule has 2 heterocycles. The highest BCUT2D eigenvalue weighted by Gasteiger charge is 2.14. The number of hydrogen-bond acceptors (Lipinski definition) is 4. The van der Waals surface area contributed by atoms with Crippen LogP contribution in [0, 0.1) is 18.3 Å². The summed E-state index contributed by atoms with van der Waals surface area (Å²) in [4.78, 5) is 5.79. The second-order valence-electron chi connectivity index (χ2n) is 3.60. The summed E-state index contributed by atoms with van der Waals surface area (Å²) in [7, 11) is 0. The van der Waals surface area contributed by atoms with Gasteiger partial charge in [-0.1, -0.05) is 6.92 Å². The SMILES string of the molecule is CCC(C#N)c1csc(-c2sccc2C)n1. The van der Waals surface area contributed by atoms with Gasteiger partial charge in [0.15, 0.2) is 0 Å². The lowest BCUT2D eigenvalue weighted by Crippen LogP contribution is -1.93. The first kappa shape index (κ1) is 11.3. The molecule has 4 heteroatoms. The standard InChI is InChI=1S/C12H12N2S2/c1-3-9(6-13)10-7-16-12(14-10)11-8(2)4-5-15-11/h4-5,7,9H,3H2,1-2H3. The predicted molar refractivity (Wildman–Crippen MR) is 68.8 cm³/mol. The van der Waals surface area contributed by atoms with E-state index in [-0.39, 0.29) is 5.92 Å². The summed E-state index contributed by atoms with van der Waals surface area (Å²) in [5.41, 5.74) is 2.17. The minimum absolute atomic E-state index is 0.0646. The van der Waals surface area contributed by atoms with Gasteiger partial charge in [-0.05, 0) is 30.4 Å². The maximum Gasteiger partial charge on any atom is 0.133 e. The molecule has 0 aromatic carbocycles. The van der Waals surface area contributed by atoms with Crippen molar-refractivity contribution in [2.24, 2.45) is 0 Å². The van der Waals surface area contributed by atoms with Crippen molar-refractivity contribution in [1.29, 1.82) is 5.26 Å². The first-order valence-corrected chi connectivity index (χ1v) is 6.91. The average Bonchev–Trinajstić information content (AvgIpc) is 2.89. The van der Waals surface area contributed by atoms with E-state index in [2.05, 4.69) is 29.4 Å². The number of aromatic nitrogens is 1. The smallest absolute Gasteiger partial charge is 0.133 e. The fourth-order valence-corrected chi connectivity index (χ4v) is 3.48. The van der Waals surface area contributed by atoms with Gasteiger partial charge in [0.2, 0.25) is 0 Å². The molecule has 2 aromatic heterocycles. The zero-order valence-corrected chi connectivity index (χ0v) is 10.9. The van der Waals surface area contributed by atoms with Crippen molar-refractivity contribution in [2.75, 3.05) is 0 Å². The third-order valence-corrected chi connectivity index (χ3v) is 4.53. The molecule has 1 atom stereocenters. The quantitative estimate of drug-likeness (QED) is 0.816. The molecule has 0 N–H and O–H groups in total. The van der Waals surface area contributed by atoms with Gasteiger partial charge >= 0.3 is 0 Å². The minimum Gasteiger partial charge on any atom is -0.239 e. The summed E-state index contributed by atoms with van der Waals surface area (Å²) >= 11 is 3.34. The topological polar surface area (TPSA) is 36.7 Å². The molecule has 0 spiro atoms. The Morgan fingerprint density at radius 1 is 1.50 bits per heavy atom. The van der Waals surface area contributed by atoms with Crippen LogP contribution in [0.5, 0.6) is 0 Å². The van der Waals surface area contributed by atoms with Gasteiger partial charge in [0.05, 0.1) is 22.6 Å². The van der Waals surface area contributed by atoms with Crippen LogP contribution in [-0.4, -0.2) is 4.98 Å². The van der Waals surface area contributed by atoms with Crippen molar-refractivity contribution in [3.05, 3.63) is 28.1 Å². The number of thiophene rings is 1. The van der Waals surface area contributed by atoms with Gasteiger partial charge < -0.3 is 0 Å². The highest BCUT2D eigenvalue weighted by atomic mass is 32.1. The third kappa shape index (κ3) is 2.01. The monoisotopic (exact) mass is 248 g/mol. The molecular formula is C12H12N2S2. The van der Waals surface area contributed by atoms with Crippen LogP contribution < -0.4 is 0 Å². The van der Waals surface area contributed by atoms with Crippen LogP contribution in [0.15, 0.2) is 16.8 Å². The normalized spacial score (nSPS) is 12.3. The van der Waals surface area contributed by atoms with E-state index in [1.54, 1.807) is 22.7 Å². The fraction of sp³-hybridized carbons (Fsp3) is 0.333. The summed E-state index contributed by atoms with van der Waals surface area (Å²) in [6.45, 7) is 4.11. The second-order valence-corrected chi connectivity index (χ2v) is 5.37. The molecule has 16 heavy (non-hydrogen) atoms. The maximum atomic E-state index is 8.99. The van der Waals surface area contributed by atoms with Crippen LogP contribution in [0.3, 0.4) is 0 Å². The van der Waals surface area contributed by atoms with Crippen molar-refractivity contribution in [2.45, 2.75) is 26.2 Å². The van der Waals surface area contributed by atoms with E-state index in [0.717, 1.165) is 17.1 Å². The Labute approximate surface area is 103 Å². The van der Waals surface area contributed by atoms with E-state index in [1.807, 2.05) is 12.3 Å². The molecule has 82 valence electrons.